The molecule has 2 aromatic rings. The highest BCUT2D eigenvalue weighted by Gasteiger charge is 2.35. The molecule has 1 aromatic carbocycles. The molecule has 0 atom stereocenters. The summed E-state index contributed by atoms with van der Waals surface area (Å²) in [5.41, 5.74) is 5.88. The number of nitro groups is 1. The van der Waals surface area contributed by atoms with Crippen molar-refractivity contribution in [2.75, 3.05) is 24.1 Å². The lowest BCUT2D eigenvalue weighted by Gasteiger charge is -2.43. The lowest BCUT2D eigenvalue weighted by atomic mass is 9.81. The molecular formula is C22H26F4N6O3. The fourth-order valence-corrected chi connectivity index (χ4v) is 4.73. The lowest BCUT2D eigenvalue weighted by molar-refractivity contribution is -0.385. The summed E-state index contributed by atoms with van der Waals surface area (Å²) in [5.74, 6) is -0.560. The van der Waals surface area contributed by atoms with E-state index < -0.39 is 17.5 Å². The number of ether oxygens (including phenoxy) is 1. The van der Waals surface area contributed by atoms with Gasteiger partial charge in [-0.2, -0.15) is 4.98 Å². The van der Waals surface area contributed by atoms with Gasteiger partial charge in [0.1, 0.15) is 17.6 Å². The highest BCUT2D eigenvalue weighted by molar-refractivity contribution is 5.58. The Morgan fingerprint density at radius 3 is 2.49 bits per heavy atom. The van der Waals surface area contributed by atoms with Crippen LogP contribution in [-0.2, 0) is 13.0 Å². The maximum Gasteiger partial charge on any atom is 0.573 e. The molecule has 190 valence electrons. The number of likely N-dealkylation sites (tertiary alicyclic amines) is 1. The number of hydrogen-bond acceptors (Lipinski definition) is 8. The van der Waals surface area contributed by atoms with Crippen molar-refractivity contribution in [3.05, 3.63) is 45.6 Å². The normalized spacial score (nSPS) is 21.4. The number of nitrogens with zero attached hydrogens (tertiary/aromatic N) is 4. The predicted octanol–water partition coefficient (Wildman–Crippen LogP) is 4.23. The van der Waals surface area contributed by atoms with E-state index in [1.54, 1.807) is 6.07 Å². The molecule has 3 N–H and O–H groups in total. The molecule has 0 radical (unpaired) electrons. The Balaban J connectivity index is 1.45. The molecule has 1 saturated carbocycles. The first kappa shape index (κ1) is 24.9. The molecule has 0 bridgehead atoms. The summed E-state index contributed by atoms with van der Waals surface area (Å²) in [7, 11) is 0. The zero-order valence-electron chi connectivity index (χ0n) is 18.8. The number of benzene rings is 1. The van der Waals surface area contributed by atoms with Crippen LogP contribution in [0.1, 0.15) is 36.9 Å². The van der Waals surface area contributed by atoms with E-state index in [0.717, 1.165) is 25.7 Å². The van der Waals surface area contributed by atoms with Crippen LogP contribution in [0.15, 0.2) is 24.3 Å². The third kappa shape index (κ3) is 6.27. The highest BCUT2D eigenvalue weighted by atomic mass is 19.4. The number of hydrogen-bond donors (Lipinski definition) is 2. The number of para-hydroxylation sites is 1. The molecule has 1 aliphatic heterocycles. The quantitative estimate of drug-likeness (QED) is 0.315. The summed E-state index contributed by atoms with van der Waals surface area (Å²) in [5, 5.41) is 14.4. The molecule has 2 aliphatic rings. The molecule has 35 heavy (non-hydrogen) atoms. The minimum atomic E-state index is -4.85. The van der Waals surface area contributed by atoms with Gasteiger partial charge in [-0.1, -0.05) is 18.2 Å². The number of nitrogen functional groups attached to an aromatic ring is 1. The molecule has 9 nitrogen and oxygen atoms in total. The zero-order valence-corrected chi connectivity index (χ0v) is 18.8. The third-order valence-corrected chi connectivity index (χ3v) is 6.48. The van der Waals surface area contributed by atoms with Crippen molar-refractivity contribution in [3.63, 3.8) is 0 Å². The van der Waals surface area contributed by atoms with Crippen LogP contribution in [0, 0.1) is 16.0 Å². The highest BCUT2D eigenvalue weighted by Crippen LogP contribution is 2.35. The van der Waals surface area contributed by atoms with E-state index in [-0.39, 0.29) is 46.9 Å². The van der Waals surface area contributed by atoms with E-state index >= 15 is 0 Å². The summed E-state index contributed by atoms with van der Waals surface area (Å²) < 4.78 is 55.2. The molecular weight excluding hydrogens is 472 g/mol. The molecule has 2 fully saturated rings. The first-order valence-corrected chi connectivity index (χ1v) is 11.4. The second-order valence-electron chi connectivity index (χ2n) is 8.92. The summed E-state index contributed by atoms with van der Waals surface area (Å²) >= 11 is 0. The van der Waals surface area contributed by atoms with E-state index in [1.807, 2.05) is 0 Å². The van der Waals surface area contributed by atoms with Gasteiger partial charge >= 0.3 is 12.0 Å². The van der Waals surface area contributed by atoms with Gasteiger partial charge in [0.05, 0.1) is 4.92 Å². The molecule has 1 aromatic heterocycles. The number of alkyl halides is 4. The number of nitrogens with one attached hydrogen (secondary N) is 1. The maximum absolute atomic E-state index is 13.2. The number of rotatable bonds is 8. The Bertz CT molecular complexity index is 1060. The number of anilines is 2. The molecule has 1 aliphatic carbocycles. The van der Waals surface area contributed by atoms with Crippen molar-refractivity contribution in [2.45, 2.75) is 57.2 Å². The van der Waals surface area contributed by atoms with Gasteiger partial charge in [0.2, 0.25) is 11.8 Å². The van der Waals surface area contributed by atoms with E-state index in [2.05, 4.69) is 24.9 Å². The second kappa shape index (κ2) is 10.2. The molecule has 1 saturated heterocycles. The Morgan fingerprint density at radius 1 is 1.17 bits per heavy atom. The predicted molar refractivity (Wildman–Crippen MR) is 119 cm³/mol. The van der Waals surface area contributed by atoms with Crippen LogP contribution < -0.4 is 15.8 Å². The minimum Gasteiger partial charge on any atom is -0.405 e. The van der Waals surface area contributed by atoms with E-state index in [1.165, 1.54) is 18.2 Å². The first-order chi connectivity index (χ1) is 16.6. The Kier molecular flexibility index (Phi) is 7.24. The second-order valence-corrected chi connectivity index (χ2v) is 8.92. The fourth-order valence-electron chi connectivity index (χ4n) is 4.73. The molecule has 0 amide bonds. The van der Waals surface area contributed by atoms with Crippen LogP contribution in [0.25, 0.3) is 0 Å². The molecule has 2 heterocycles. The van der Waals surface area contributed by atoms with Crippen LogP contribution in [-0.4, -0.2) is 51.5 Å². The van der Waals surface area contributed by atoms with Gasteiger partial charge in [-0.15, -0.1) is 13.2 Å². The van der Waals surface area contributed by atoms with Crippen molar-refractivity contribution in [1.82, 2.24) is 14.9 Å². The Hall–Kier alpha value is -3.22. The average molecular weight is 498 g/mol. The summed E-state index contributed by atoms with van der Waals surface area (Å²) in [4.78, 5) is 21.4. The summed E-state index contributed by atoms with van der Waals surface area (Å²) in [6.45, 7) is 0.824. The average Bonchev–Trinajstić information content (AvgIpc) is 2.75. The fraction of sp³-hybridized carbons (Fsp3) is 0.545. The Labute approximate surface area is 198 Å². The molecule has 13 heteroatoms. The van der Waals surface area contributed by atoms with Crippen LogP contribution in [0.5, 0.6) is 5.75 Å². The molecule has 0 unspecified atom stereocenters. The van der Waals surface area contributed by atoms with Gasteiger partial charge in [-0.25, -0.2) is 9.37 Å². The molecule has 4 rings (SSSR count). The van der Waals surface area contributed by atoms with Crippen molar-refractivity contribution in [3.8, 4) is 5.75 Å². The van der Waals surface area contributed by atoms with E-state index in [4.69, 9.17) is 5.73 Å². The van der Waals surface area contributed by atoms with Gasteiger partial charge in [-0.3, -0.25) is 15.0 Å². The van der Waals surface area contributed by atoms with Crippen molar-refractivity contribution >= 4 is 17.5 Å². The van der Waals surface area contributed by atoms with Gasteiger partial charge < -0.3 is 15.8 Å². The lowest BCUT2D eigenvalue weighted by Crippen LogP contribution is -2.54. The van der Waals surface area contributed by atoms with Crippen molar-refractivity contribution in [2.24, 2.45) is 5.92 Å². The van der Waals surface area contributed by atoms with Gasteiger partial charge in [0.25, 0.3) is 0 Å². The number of halogens is 4. The van der Waals surface area contributed by atoms with Gasteiger partial charge in [0, 0.05) is 31.2 Å². The monoisotopic (exact) mass is 498 g/mol. The number of aromatic nitrogens is 2. The van der Waals surface area contributed by atoms with Crippen LogP contribution >= 0.6 is 0 Å². The third-order valence-electron chi connectivity index (χ3n) is 6.48. The smallest absolute Gasteiger partial charge is 0.405 e. The zero-order chi connectivity index (χ0) is 25.2. The van der Waals surface area contributed by atoms with Crippen LogP contribution in [0.4, 0.5) is 35.0 Å². The number of nitrogens with two attached hydrogens (primary N) is 1. The minimum absolute atomic E-state index is 0.0202. The summed E-state index contributed by atoms with van der Waals surface area (Å²) in [6.07, 6.45) is -1.87. The standard InChI is InChI=1S/C22H26F4N6O3/c23-15-11-31(12-15)16-7-5-13(6-8-16)9-17-19(32(33)34)20(27)30-21(29-17)28-10-14-3-1-2-4-18(14)35-22(24,25)26/h1-4,13,15-16H,5-12H2,(H3,27,28,29,30)/t13-,16-. The van der Waals surface area contributed by atoms with Crippen LogP contribution in [0.3, 0.4) is 0 Å². The maximum atomic E-state index is 13.2. The van der Waals surface area contributed by atoms with Crippen molar-refractivity contribution < 1.29 is 27.2 Å². The molecule has 0 spiro atoms. The van der Waals surface area contributed by atoms with E-state index in [9.17, 15) is 27.7 Å². The van der Waals surface area contributed by atoms with Gasteiger partial charge in [-0.05, 0) is 44.1 Å². The topological polar surface area (TPSA) is 119 Å². The van der Waals surface area contributed by atoms with Gasteiger partial charge in [0.15, 0.2) is 0 Å². The largest absolute Gasteiger partial charge is 0.573 e. The first-order valence-electron chi connectivity index (χ1n) is 11.4. The summed E-state index contributed by atoms with van der Waals surface area (Å²) in [6, 6.07) is 5.94. The van der Waals surface area contributed by atoms with Crippen molar-refractivity contribution in [1.29, 1.82) is 0 Å². The SMILES string of the molecule is Nc1nc(NCc2ccccc2OC(F)(F)F)nc(C[C@H]2CC[C@H](N3CC(F)C3)CC2)c1[N+](=O)[O-]. The van der Waals surface area contributed by atoms with Crippen LogP contribution in [0.2, 0.25) is 0 Å². The Morgan fingerprint density at radius 2 is 1.86 bits per heavy atom. The van der Waals surface area contributed by atoms with E-state index in [0.29, 0.717) is 25.6 Å².